The highest BCUT2D eigenvalue weighted by molar-refractivity contribution is 9.10. The Balaban J connectivity index is 2.40. The average Bonchev–Trinajstić information content (AvgIpc) is 2.27. The molecule has 0 bridgehead atoms. The third kappa shape index (κ3) is 4.64. The van der Waals surface area contributed by atoms with Crippen molar-refractivity contribution in [1.29, 1.82) is 0 Å². The molecule has 1 rings (SSSR count). The number of rotatable bonds is 6. The van der Waals surface area contributed by atoms with Crippen LogP contribution >= 0.6 is 15.9 Å². The van der Waals surface area contributed by atoms with Gasteiger partial charge in [0.15, 0.2) is 0 Å². The number of hydrogen-bond acceptors (Lipinski definition) is 2. The molecule has 2 nitrogen and oxygen atoms in total. The summed E-state index contributed by atoms with van der Waals surface area (Å²) in [4.78, 5) is 0. The molecule has 2 atom stereocenters. The Kier molecular flexibility index (Phi) is 6.03. The summed E-state index contributed by atoms with van der Waals surface area (Å²) in [6, 6.07) is 8.54. The van der Waals surface area contributed by atoms with Gasteiger partial charge in [-0.2, -0.15) is 0 Å². The van der Waals surface area contributed by atoms with E-state index in [-0.39, 0.29) is 12.1 Å². The molecule has 0 aromatic heterocycles. The van der Waals surface area contributed by atoms with Gasteiger partial charge in [-0.25, -0.2) is 0 Å². The van der Waals surface area contributed by atoms with E-state index in [1.807, 2.05) is 12.1 Å². The van der Waals surface area contributed by atoms with Gasteiger partial charge in [-0.3, -0.25) is 0 Å². The number of aliphatic hydroxyl groups excluding tert-OH is 1. The molecule has 90 valence electrons. The Hall–Kier alpha value is -0.380. The lowest BCUT2D eigenvalue weighted by molar-refractivity contribution is 0.157. The Morgan fingerprint density at radius 2 is 1.94 bits per heavy atom. The van der Waals surface area contributed by atoms with Crippen molar-refractivity contribution in [3.05, 3.63) is 34.3 Å². The monoisotopic (exact) mass is 285 g/mol. The zero-order chi connectivity index (χ0) is 12.0. The first-order valence-corrected chi connectivity index (χ1v) is 6.59. The summed E-state index contributed by atoms with van der Waals surface area (Å²) in [5.74, 6) is 0. The van der Waals surface area contributed by atoms with Gasteiger partial charge in [0.05, 0.1) is 6.10 Å². The van der Waals surface area contributed by atoms with Crippen LogP contribution < -0.4 is 5.32 Å². The second-order valence-corrected chi connectivity index (χ2v) is 5.04. The van der Waals surface area contributed by atoms with Crippen molar-refractivity contribution in [2.45, 2.75) is 38.8 Å². The van der Waals surface area contributed by atoms with E-state index < -0.39 is 0 Å². The van der Waals surface area contributed by atoms with Crippen molar-refractivity contribution >= 4 is 15.9 Å². The second-order valence-electron chi connectivity index (χ2n) is 4.12. The summed E-state index contributed by atoms with van der Waals surface area (Å²) in [5.41, 5.74) is 1.24. The van der Waals surface area contributed by atoms with E-state index in [4.69, 9.17) is 0 Å². The SMILES string of the molecule is CCCC(O)CNC(C)c1ccc(Br)cc1. The molecule has 0 amide bonds. The zero-order valence-corrected chi connectivity index (χ0v) is 11.5. The first-order chi connectivity index (χ1) is 7.63. The fourth-order valence-electron chi connectivity index (χ4n) is 1.62. The number of hydrogen-bond donors (Lipinski definition) is 2. The van der Waals surface area contributed by atoms with Gasteiger partial charge in [-0.1, -0.05) is 41.4 Å². The summed E-state index contributed by atoms with van der Waals surface area (Å²) in [6.45, 7) is 4.86. The maximum atomic E-state index is 9.62. The van der Waals surface area contributed by atoms with Crippen LogP contribution in [0.5, 0.6) is 0 Å². The summed E-state index contributed by atoms with van der Waals surface area (Å²) in [6.07, 6.45) is 1.65. The van der Waals surface area contributed by atoms with Gasteiger partial charge in [0.2, 0.25) is 0 Å². The van der Waals surface area contributed by atoms with Crippen LogP contribution in [-0.2, 0) is 0 Å². The topological polar surface area (TPSA) is 32.3 Å². The van der Waals surface area contributed by atoms with Crippen LogP contribution in [-0.4, -0.2) is 17.8 Å². The van der Waals surface area contributed by atoms with Crippen LogP contribution in [0, 0.1) is 0 Å². The van der Waals surface area contributed by atoms with Gasteiger partial charge in [0, 0.05) is 17.1 Å². The molecule has 0 heterocycles. The Bertz CT molecular complexity index is 299. The van der Waals surface area contributed by atoms with Crippen molar-refractivity contribution in [2.75, 3.05) is 6.54 Å². The molecule has 0 saturated carbocycles. The number of aliphatic hydroxyl groups is 1. The second kappa shape index (κ2) is 7.05. The van der Waals surface area contributed by atoms with Crippen LogP contribution in [0.2, 0.25) is 0 Å². The quantitative estimate of drug-likeness (QED) is 0.841. The molecular weight excluding hydrogens is 266 g/mol. The highest BCUT2D eigenvalue weighted by atomic mass is 79.9. The molecule has 0 saturated heterocycles. The van der Waals surface area contributed by atoms with Gasteiger partial charge in [0.1, 0.15) is 0 Å². The molecular formula is C13H20BrNO. The minimum atomic E-state index is -0.233. The molecule has 0 aliphatic heterocycles. The Morgan fingerprint density at radius 1 is 1.31 bits per heavy atom. The predicted octanol–water partition coefficient (Wildman–Crippen LogP) is 3.26. The number of nitrogens with one attached hydrogen (secondary N) is 1. The minimum Gasteiger partial charge on any atom is -0.392 e. The predicted molar refractivity (Wildman–Crippen MR) is 71.5 cm³/mol. The average molecular weight is 286 g/mol. The van der Waals surface area contributed by atoms with E-state index in [0.717, 1.165) is 17.3 Å². The van der Waals surface area contributed by atoms with Crippen molar-refractivity contribution in [3.8, 4) is 0 Å². The van der Waals surface area contributed by atoms with Crippen LogP contribution in [0.15, 0.2) is 28.7 Å². The molecule has 0 spiro atoms. The maximum Gasteiger partial charge on any atom is 0.0664 e. The Morgan fingerprint density at radius 3 is 2.50 bits per heavy atom. The van der Waals surface area contributed by atoms with E-state index in [9.17, 15) is 5.11 Å². The van der Waals surface area contributed by atoms with Gasteiger partial charge in [-0.15, -0.1) is 0 Å². The largest absolute Gasteiger partial charge is 0.392 e. The van der Waals surface area contributed by atoms with Gasteiger partial charge in [-0.05, 0) is 31.0 Å². The molecule has 0 aliphatic rings. The van der Waals surface area contributed by atoms with Crippen LogP contribution in [0.4, 0.5) is 0 Å². The first kappa shape index (κ1) is 13.7. The van der Waals surface area contributed by atoms with Crippen LogP contribution in [0.25, 0.3) is 0 Å². The van der Waals surface area contributed by atoms with E-state index in [1.54, 1.807) is 0 Å². The van der Waals surface area contributed by atoms with Crippen molar-refractivity contribution in [2.24, 2.45) is 0 Å². The summed E-state index contributed by atoms with van der Waals surface area (Å²) in [7, 11) is 0. The smallest absolute Gasteiger partial charge is 0.0664 e. The van der Waals surface area contributed by atoms with Crippen LogP contribution in [0.1, 0.15) is 38.3 Å². The maximum absolute atomic E-state index is 9.62. The lowest BCUT2D eigenvalue weighted by Gasteiger charge is -2.17. The van der Waals surface area contributed by atoms with Gasteiger partial charge < -0.3 is 10.4 Å². The van der Waals surface area contributed by atoms with Crippen molar-refractivity contribution in [3.63, 3.8) is 0 Å². The molecule has 1 aromatic carbocycles. The first-order valence-electron chi connectivity index (χ1n) is 5.80. The van der Waals surface area contributed by atoms with Gasteiger partial charge in [0.25, 0.3) is 0 Å². The molecule has 16 heavy (non-hydrogen) atoms. The third-order valence-corrected chi connectivity index (χ3v) is 3.18. The zero-order valence-electron chi connectivity index (χ0n) is 9.91. The van der Waals surface area contributed by atoms with Crippen molar-refractivity contribution < 1.29 is 5.11 Å². The van der Waals surface area contributed by atoms with Crippen molar-refractivity contribution in [1.82, 2.24) is 5.32 Å². The third-order valence-electron chi connectivity index (χ3n) is 2.65. The standard InChI is InChI=1S/C13H20BrNO/c1-3-4-13(16)9-15-10(2)11-5-7-12(14)8-6-11/h5-8,10,13,15-16H,3-4,9H2,1-2H3. The molecule has 0 aliphatic carbocycles. The molecule has 3 heteroatoms. The van der Waals surface area contributed by atoms with E-state index >= 15 is 0 Å². The fourth-order valence-corrected chi connectivity index (χ4v) is 1.88. The summed E-state index contributed by atoms with van der Waals surface area (Å²) >= 11 is 3.42. The number of halogens is 1. The van der Waals surface area contributed by atoms with Gasteiger partial charge >= 0.3 is 0 Å². The molecule has 0 fully saturated rings. The highest BCUT2D eigenvalue weighted by Crippen LogP contribution is 2.16. The number of benzene rings is 1. The van der Waals surface area contributed by atoms with E-state index in [0.29, 0.717) is 6.54 Å². The minimum absolute atomic E-state index is 0.233. The molecule has 0 radical (unpaired) electrons. The van der Waals surface area contributed by atoms with E-state index in [2.05, 4.69) is 47.2 Å². The molecule has 1 aromatic rings. The lowest BCUT2D eigenvalue weighted by atomic mass is 10.1. The fraction of sp³-hybridized carbons (Fsp3) is 0.538. The molecule has 2 N–H and O–H groups in total. The lowest BCUT2D eigenvalue weighted by Crippen LogP contribution is -2.28. The molecule has 2 unspecified atom stereocenters. The Labute approximate surface area is 106 Å². The summed E-state index contributed by atoms with van der Waals surface area (Å²) < 4.78 is 1.09. The summed E-state index contributed by atoms with van der Waals surface area (Å²) in [5, 5.41) is 13.0. The van der Waals surface area contributed by atoms with Crippen LogP contribution in [0.3, 0.4) is 0 Å². The van der Waals surface area contributed by atoms with E-state index in [1.165, 1.54) is 5.56 Å². The normalized spacial score (nSPS) is 14.8. The highest BCUT2D eigenvalue weighted by Gasteiger charge is 2.07.